The van der Waals surface area contributed by atoms with E-state index in [-0.39, 0.29) is 23.8 Å². The fraction of sp³-hybridized carbons (Fsp3) is 0.778. The van der Waals surface area contributed by atoms with Crippen LogP contribution in [0.3, 0.4) is 0 Å². The largest absolute Gasteiger partial charge is 0.481 e. The number of fused-ring (bicyclic) bond motifs is 1. The lowest BCUT2D eigenvalue weighted by Gasteiger charge is -2.21. The highest BCUT2D eigenvalue weighted by atomic mass is 16.4. The molecule has 0 aromatic heterocycles. The first-order valence-corrected chi connectivity index (χ1v) is 4.71. The van der Waals surface area contributed by atoms with E-state index in [1.54, 1.807) is 0 Å². The molecule has 13 heavy (non-hydrogen) atoms. The molecule has 0 unspecified atom stereocenters. The van der Waals surface area contributed by atoms with Crippen molar-refractivity contribution in [2.75, 3.05) is 0 Å². The summed E-state index contributed by atoms with van der Waals surface area (Å²) in [6.07, 6.45) is 1.81. The van der Waals surface area contributed by atoms with Crippen LogP contribution in [0.1, 0.15) is 12.8 Å². The normalized spacial score (nSPS) is 51.1. The molecule has 3 rings (SSSR count). The maximum atomic E-state index is 11.4. The Balaban J connectivity index is 2.01. The van der Waals surface area contributed by atoms with Gasteiger partial charge in [-0.1, -0.05) is 0 Å². The Morgan fingerprint density at radius 3 is 2.92 bits per heavy atom. The molecule has 1 heterocycles. The zero-order chi connectivity index (χ0) is 9.16. The van der Waals surface area contributed by atoms with Gasteiger partial charge in [0.25, 0.3) is 0 Å². The fourth-order valence-electron chi connectivity index (χ4n) is 3.52. The summed E-state index contributed by atoms with van der Waals surface area (Å²) in [5, 5.41) is 11.9. The number of nitrogens with one attached hydrogen (secondary N) is 1. The van der Waals surface area contributed by atoms with Gasteiger partial charge in [0.05, 0.1) is 11.8 Å². The number of carboxylic acids is 1. The van der Waals surface area contributed by atoms with Crippen molar-refractivity contribution in [2.45, 2.75) is 18.9 Å². The lowest BCUT2D eigenvalue weighted by atomic mass is 9.80. The second-order valence-electron chi connectivity index (χ2n) is 4.40. The smallest absolute Gasteiger partial charge is 0.307 e. The lowest BCUT2D eigenvalue weighted by Crippen LogP contribution is -2.31. The molecule has 0 aromatic carbocycles. The quantitative estimate of drug-likeness (QED) is 0.590. The van der Waals surface area contributed by atoms with Crippen molar-refractivity contribution in [3.63, 3.8) is 0 Å². The van der Waals surface area contributed by atoms with Crippen molar-refractivity contribution in [3.8, 4) is 0 Å². The van der Waals surface area contributed by atoms with Crippen molar-refractivity contribution in [1.82, 2.24) is 5.32 Å². The molecular weight excluding hydrogens is 170 g/mol. The van der Waals surface area contributed by atoms with Gasteiger partial charge in [0.15, 0.2) is 0 Å². The average Bonchev–Trinajstić information content (AvgIpc) is 2.60. The Morgan fingerprint density at radius 2 is 2.23 bits per heavy atom. The summed E-state index contributed by atoms with van der Waals surface area (Å²) in [5.41, 5.74) is 0. The Bertz CT molecular complexity index is 299. The number of aliphatic carboxylic acids is 1. The minimum atomic E-state index is -0.784. The van der Waals surface area contributed by atoms with Gasteiger partial charge >= 0.3 is 5.97 Å². The first-order valence-electron chi connectivity index (χ1n) is 4.71. The lowest BCUT2D eigenvalue weighted by molar-refractivity contribution is -0.147. The minimum absolute atomic E-state index is 0.0256. The average molecular weight is 181 g/mol. The van der Waals surface area contributed by atoms with Gasteiger partial charge in [0.2, 0.25) is 5.91 Å². The molecule has 2 bridgehead atoms. The molecule has 1 saturated heterocycles. The standard InChI is InChI=1S/C9H11NO3/c11-8-7-4-1-3(2-5(4)10-8)6(7)9(12)13/h3-7H,1-2H2,(H,10,11)(H,12,13)/t3-,4+,5+,6-,7+/m1/s1. The summed E-state index contributed by atoms with van der Waals surface area (Å²) in [6, 6.07) is 0.290. The molecular formula is C9H11NO3. The number of hydrogen-bond donors (Lipinski definition) is 2. The van der Waals surface area contributed by atoms with E-state index in [1.165, 1.54) is 0 Å². The van der Waals surface area contributed by atoms with E-state index in [4.69, 9.17) is 5.11 Å². The van der Waals surface area contributed by atoms with Crippen LogP contribution >= 0.6 is 0 Å². The second-order valence-corrected chi connectivity index (χ2v) is 4.40. The molecule has 2 N–H and O–H groups in total. The van der Waals surface area contributed by atoms with Gasteiger partial charge in [-0.25, -0.2) is 0 Å². The summed E-state index contributed by atoms with van der Waals surface area (Å²) in [7, 11) is 0. The van der Waals surface area contributed by atoms with Crippen LogP contribution in [0, 0.1) is 23.7 Å². The predicted octanol–water partition coefficient (Wildman–Crippen LogP) is -0.158. The number of carbonyl (C=O) groups is 2. The molecule has 70 valence electrons. The first-order chi connectivity index (χ1) is 6.18. The predicted molar refractivity (Wildman–Crippen MR) is 42.8 cm³/mol. The molecule has 4 nitrogen and oxygen atoms in total. The zero-order valence-corrected chi connectivity index (χ0v) is 7.06. The van der Waals surface area contributed by atoms with E-state index in [0.29, 0.717) is 5.92 Å². The molecule has 5 atom stereocenters. The van der Waals surface area contributed by atoms with Crippen LogP contribution in [0.25, 0.3) is 0 Å². The highest BCUT2D eigenvalue weighted by molar-refractivity contribution is 5.89. The minimum Gasteiger partial charge on any atom is -0.481 e. The van der Waals surface area contributed by atoms with Crippen molar-refractivity contribution in [1.29, 1.82) is 0 Å². The van der Waals surface area contributed by atoms with Crippen LogP contribution in [0.15, 0.2) is 0 Å². The molecule has 1 amide bonds. The van der Waals surface area contributed by atoms with Crippen molar-refractivity contribution in [3.05, 3.63) is 0 Å². The molecule has 3 aliphatic rings. The first kappa shape index (κ1) is 7.35. The highest BCUT2D eigenvalue weighted by Gasteiger charge is 2.62. The van der Waals surface area contributed by atoms with Crippen LogP contribution in [-0.4, -0.2) is 23.0 Å². The summed E-state index contributed by atoms with van der Waals surface area (Å²) in [6.45, 7) is 0. The molecule has 2 saturated carbocycles. The van der Waals surface area contributed by atoms with Crippen LogP contribution < -0.4 is 5.32 Å². The summed E-state index contributed by atoms with van der Waals surface area (Å²) in [5.74, 6) is -0.865. The van der Waals surface area contributed by atoms with Gasteiger partial charge in [0, 0.05) is 6.04 Å². The van der Waals surface area contributed by atoms with Crippen LogP contribution in [0.5, 0.6) is 0 Å². The van der Waals surface area contributed by atoms with Crippen LogP contribution in [0.2, 0.25) is 0 Å². The third-order valence-corrected chi connectivity index (χ3v) is 3.92. The Morgan fingerprint density at radius 1 is 1.46 bits per heavy atom. The molecule has 0 spiro atoms. The maximum Gasteiger partial charge on any atom is 0.307 e. The van der Waals surface area contributed by atoms with Gasteiger partial charge in [-0.2, -0.15) is 0 Å². The van der Waals surface area contributed by atoms with Crippen molar-refractivity contribution in [2.24, 2.45) is 23.7 Å². The number of amides is 1. The van der Waals surface area contributed by atoms with Crippen LogP contribution in [-0.2, 0) is 9.59 Å². The van der Waals surface area contributed by atoms with Gasteiger partial charge in [-0.05, 0) is 24.7 Å². The third-order valence-electron chi connectivity index (χ3n) is 3.92. The van der Waals surface area contributed by atoms with E-state index >= 15 is 0 Å². The number of carboxylic acid groups (broad SMARTS) is 1. The van der Waals surface area contributed by atoms with E-state index in [9.17, 15) is 9.59 Å². The molecule has 3 fully saturated rings. The summed E-state index contributed by atoms with van der Waals surface area (Å²) in [4.78, 5) is 22.4. The van der Waals surface area contributed by atoms with Gasteiger partial charge in [-0.3, -0.25) is 9.59 Å². The molecule has 2 aliphatic carbocycles. The Labute approximate surface area is 75.3 Å². The van der Waals surface area contributed by atoms with E-state index in [2.05, 4.69) is 5.32 Å². The third kappa shape index (κ3) is 0.716. The fourth-order valence-corrected chi connectivity index (χ4v) is 3.52. The SMILES string of the molecule is O=C(O)[C@@H]1[C@@H]2C[C@@H]3[C@@H]1C(=O)N[C@H]3C2. The number of hydrogen-bond acceptors (Lipinski definition) is 2. The van der Waals surface area contributed by atoms with E-state index in [0.717, 1.165) is 12.8 Å². The molecule has 4 heteroatoms. The van der Waals surface area contributed by atoms with Gasteiger partial charge in [0.1, 0.15) is 0 Å². The maximum absolute atomic E-state index is 11.4. The topological polar surface area (TPSA) is 66.4 Å². The molecule has 0 radical (unpaired) electrons. The zero-order valence-electron chi connectivity index (χ0n) is 7.06. The van der Waals surface area contributed by atoms with E-state index in [1.807, 2.05) is 0 Å². The van der Waals surface area contributed by atoms with Crippen molar-refractivity contribution >= 4 is 11.9 Å². The molecule has 1 aliphatic heterocycles. The summed E-state index contributed by atoms with van der Waals surface area (Å²) >= 11 is 0. The second kappa shape index (κ2) is 2.05. The monoisotopic (exact) mass is 181 g/mol. The number of rotatable bonds is 1. The number of carbonyl (C=O) groups excluding carboxylic acids is 1. The van der Waals surface area contributed by atoms with Gasteiger partial charge < -0.3 is 10.4 Å². The van der Waals surface area contributed by atoms with E-state index < -0.39 is 11.9 Å². The van der Waals surface area contributed by atoms with Crippen LogP contribution in [0.4, 0.5) is 0 Å². The highest BCUT2D eigenvalue weighted by Crippen LogP contribution is 2.55. The Hall–Kier alpha value is -1.06. The summed E-state index contributed by atoms with van der Waals surface area (Å²) < 4.78 is 0. The van der Waals surface area contributed by atoms with Gasteiger partial charge in [-0.15, -0.1) is 0 Å². The molecule has 0 aromatic rings. The Kier molecular flexibility index (Phi) is 1.16. The van der Waals surface area contributed by atoms with Crippen molar-refractivity contribution < 1.29 is 14.7 Å².